The van der Waals surface area contributed by atoms with Crippen LogP contribution in [-0.4, -0.2) is 4.83 Å². The summed E-state index contributed by atoms with van der Waals surface area (Å²) in [5.41, 5.74) is 0.828. The third kappa shape index (κ3) is 2.13. The largest absolute Gasteiger partial charge is 0.459 e. The van der Waals surface area contributed by atoms with Gasteiger partial charge in [-0.3, -0.25) is 0 Å². The van der Waals surface area contributed by atoms with E-state index in [1.165, 1.54) is 25.7 Å². The lowest BCUT2D eigenvalue weighted by Crippen LogP contribution is -2.16. The lowest BCUT2D eigenvalue weighted by atomic mass is 9.87. The van der Waals surface area contributed by atoms with Gasteiger partial charge in [0.15, 0.2) is 5.58 Å². The number of fused-ring (bicyclic) bond motifs is 1. The molecule has 3 rings (SSSR count). The molecule has 1 fully saturated rings. The zero-order valence-electron chi connectivity index (χ0n) is 9.46. The molecule has 0 N–H and O–H groups in total. The fourth-order valence-corrected chi connectivity index (χ4v) is 3.71. The number of rotatable bonds is 1. The zero-order valence-corrected chi connectivity index (χ0v) is 11.8. The Kier molecular flexibility index (Phi) is 3.18. The highest BCUT2D eigenvalue weighted by Gasteiger charge is 2.27. The summed E-state index contributed by atoms with van der Waals surface area (Å²) in [5, 5.41) is 1.81. The molecule has 0 radical (unpaired) electrons. The molecule has 1 aliphatic rings. The third-order valence-corrected chi connectivity index (χ3v) is 4.96. The van der Waals surface area contributed by atoms with Crippen molar-refractivity contribution in [3.05, 3.63) is 35.0 Å². The Morgan fingerprint density at radius 2 is 2.06 bits per heavy atom. The van der Waals surface area contributed by atoms with Gasteiger partial charge in [-0.25, -0.2) is 0 Å². The van der Waals surface area contributed by atoms with E-state index in [0.717, 1.165) is 16.7 Å². The molecule has 1 aliphatic carbocycles. The third-order valence-electron chi connectivity index (χ3n) is 3.56. The molecular formula is C14H14BrClO. The second-order valence-electron chi connectivity index (χ2n) is 4.71. The summed E-state index contributed by atoms with van der Waals surface area (Å²) in [6.45, 7) is 0. The number of benzene rings is 1. The topological polar surface area (TPSA) is 13.1 Å². The summed E-state index contributed by atoms with van der Waals surface area (Å²) in [4.78, 5) is 0.538. The number of hydrogen-bond donors (Lipinski definition) is 0. The first-order valence-electron chi connectivity index (χ1n) is 6.08. The summed E-state index contributed by atoms with van der Waals surface area (Å²) in [6, 6.07) is 8.05. The van der Waals surface area contributed by atoms with E-state index in [2.05, 4.69) is 28.1 Å². The van der Waals surface area contributed by atoms with Gasteiger partial charge in [-0.05, 0) is 25.0 Å². The van der Waals surface area contributed by atoms with Crippen molar-refractivity contribution < 1.29 is 4.42 Å². The van der Waals surface area contributed by atoms with Gasteiger partial charge in [-0.2, -0.15) is 0 Å². The first-order chi connectivity index (χ1) is 8.25. The van der Waals surface area contributed by atoms with Gasteiger partial charge in [-0.1, -0.05) is 52.5 Å². The van der Waals surface area contributed by atoms with Crippen LogP contribution in [0.4, 0.5) is 0 Å². The molecule has 17 heavy (non-hydrogen) atoms. The molecule has 2 atom stereocenters. The minimum atomic E-state index is 0.493. The van der Waals surface area contributed by atoms with Gasteiger partial charge in [0.2, 0.25) is 0 Å². The Morgan fingerprint density at radius 1 is 1.24 bits per heavy atom. The smallest absolute Gasteiger partial charge is 0.152 e. The Morgan fingerprint density at radius 3 is 2.82 bits per heavy atom. The molecule has 3 heteroatoms. The van der Waals surface area contributed by atoms with E-state index in [9.17, 15) is 0 Å². The van der Waals surface area contributed by atoms with Crippen LogP contribution in [0.25, 0.3) is 11.0 Å². The monoisotopic (exact) mass is 312 g/mol. The van der Waals surface area contributed by atoms with Gasteiger partial charge in [0.05, 0.1) is 5.02 Å². The van der Waals surface area contributed by atoms with E-state index in [1.807, 2.05) is 12.1 Å². The van der Waals surface area contributed by atoms with Crippen molar-refractivity contribution in [1.29, 1.82) is 0 Å². The van der Waals surface area contributed by atoms with Crippen molar-refractivity contribution in [3.8, 4) is 0 Å². The van der Waals surface area contributed by atoms with Crippen molar-refractivity contribution in [1.82, 2.24) is 0 Å². The summed E-state index contributed by atoms with van der Waals surface area (Å²) in [6.07, 6.45) is 5.04. The summed E-state index contributed by atoms with van der Waals surface area (Å²) in [5.74, 6) is 1.57. The normalized spacial score (nSPS) is 25.3. The Bertz CT molecular complexity index is 534. The number of halogens is 2. The molecule has 1 saturated carbocycles. The molecular weight excluding hydrogens is 300 g/mol. The van der Waals surface area contributed by atoms with Crippen LogP contribution in [0.1, 0.15) is 37.4 Å². The van der Waals surface area contributed by atoms with E-state index in [1.54, 1.807) is 0 Å². The number of furan rings is 1. The summed E-state index contributed by atoms with van der Waals surface area (Å²) >= 11 is 9.91. The predicted molar refractivity (Wildman–Crippen MR) is 75.1 cm³/mol. The van der Waals surface area contributed by atoms with Crippen LogP contribution in [-0.2, 0) is 0 Å². The number of alkyl halides is 1. The van der Waals surface area contributed by atoms with Gasteiger partial charge >= 0.3 is 0 Å². The molecule has 2 unspecified atom stereocenters. The highest BCUT2D eigenvalue weighted by Crippen LogP contribution is 2.40. The summed E-state index contributed by atoms with van der Waals surface area (Å²) in [7, 11) is 0. The highest BCUT2D eigenvalue weighted by atomic mass is 79.9. The zero-order chi connectivity index (χ0) is 11.8. The van der Waals surface area contributed by atoms with Crippen LogP contribution < -0.4 is 0 Å². The maximum Gasteiger partial charge on any atom is 0.152 e. The average Bonchev–Trinajstić information content (AvgIpc) is 2.75. The quantitative estimate of drug-likeness (QED) is 0.633. The van der Waals surface area contributed by atoms with E-state index >= 15 is 0 Å². The average molecular weight is 314 g/mol. The first-order valence-corrected chi connectivity index (χ1v) is 7.37. The van der Waals surface area contributed by atoms with Crippen LogP contribution in [0.3, 0.4) is 0 Å². The van der Waals surface area contributed by atoms with Crippen molar-refractivity contribution in [2.75, 3.05) is 0 Å². The molecule has 0 amide bonds. The lowest BCUT2D eigenvalue weighted by Gasteiger charge is -2.25. The van der Waals surface area contributed by atoms with Gasteiger partial charge < -0.3 is 4.42 Å². The van der Waals surface area contributed by atoms with Gasteiger partial charge in [-0.15, -0.1) is 0 Å². The van der Waals surface area contributed by atoms with Crippen LogP contribution in [0.15, 0.2) is 28.7 Å². The van der Waals surface area contributed by atoms with E-state index < -0.39 is 0 Å². The highest BCUT2D eigenvalue weighted by molar-refractivity contribution is 9.09. The van der Waals surface area contributed by atoms with E-state index in [-0.39, 0.29) is 0 Å². The molecule has 2 aromatic rings. The SMILES string of the molecule is Clc1cccc2cc(C3CCCCC3Br)oc12. The fraction of sp³-hybridized carbons (Fsp3) is 0.429. The van der Waals surface area contributed by atoms with Gasteiger partial charge in [0.25, 0.3) is 0 Å². The lowest BCUT2D eigenvalue weighted by molar-refractivity contribution is 0.398. The maximum absolute atomic E-state index is 6.14. The minimum Gasteiger partial charge on any atom is -0.459 e. The first kappa shape index (κ1) is 11.6. The van der Waals surface area contributed by atoms with Crippen molar-refractivity contribution in [2.24, 2.45) is 0 Å². The molecule has 0 aliphatic heterocycles. The Labute approximate surface area is 114 Å². The van der Waals surface area contributed by atoms with Crippen molar-refractivity contribution in [2.45, 2.75) is 36.4 Å². The molecule has 1 nitrogen and oxygen atoms in total. The predicted octanol–water partition coefficient (Wildman–Crippen LogP) is 5.51. The van der Waals surface area contributed by atoms with Gasteiger partial charge in [0, 0.05) is 16.1 Å². The summed E-state index contributed by atoms with van der Waals surface area (Å²) < 4.78 is 5.95. The Balaban J connectivity index is 2.02. The van der Waals surface area contributed by atoms with Crippen LogP contribution in [0.5, 0.6) is 0 Å². The second kappa shape index (κ2) is 4.66. The second-order valence-corrected chi connectivity index (χ2v) is 6.30. The van der Waals surface area contributed by atoms with Crippen LogP contribution >= 0.6 is 27.5 Å². The van der Waals surface area contributed by atoms with Gasteiger partial charge in [0.1, 0.15) is 5.76 Å². The van der Waals surface area contributed by atoms with Crippen molar-refractivity contribution >= 4 is 38.5 Å². The van der Waals surface area contributed by atoms with Crippen LogP contribution in [0, 0.1) is 0 Å². The number of para-hydroxylation sites is 1. The number of hydrogen-bond acceptors (Lipinski definition) is 1. The molecule has 1 heterocycles. The molecule has 90 valence electrons. The molecule has 0 saturated heterocycles. The van der Waals surface area contributed by atoms with E-state index in [4.69, 9.17) is 16.0 Å². The Hall–Kier alpha value is -0.470. The fourth-order valence-electron chi connectivity index (χ4n) is 2.64. The standard InChI is InChI=1S/C14H14BrClO/c15-11-6-2-1-5-10(11)13-8-9-4-3-7-12(16)14(9)17-13/h3-4,7-8,10-11H,1-2,5-6H2. The molecule has 0 spiro atoms. The van der Waals surface area contributed by atoms with Crippen LogP contribution in [0.2, 0.25) is 5.02 Å². The van der Waals surface area contributed by atoms with Crippen molar-refractivity contribution in [3.63, 3.8) is 0 Å². The molecule has 1 aromatic heterocycles. The maximum atomic E-state index is 6.14. The minimum absolute atomic E-state index is 0.493. The molecule has 1 aromatic carbocycles. The molecule has 0 bridgehead atoms. The van der Waals surface area contributed by atoms with E-state index in [0.29, 0.717) is 15.8 Å².